The van der Waals surface area contributed by atoms with Crippen molar-refractivity contribution in [2.75, 3.05) is 6.61 Å². The largest absolute Gasteiger partial charge is 0.494 e. The number of hydrogen-bond donors (Lipinski definition) is 0. The number of allylic oxidation sites excluding steroid dienone is 1. The summed E-state index contributed by atoms with van der Waals surface area (Å²) in [6.45, 7) is 4.42. The maximum Gasteiger partial charge on any atom is 0.119 e. The molecule has 1 aromatic rings. The average Bonchev–Trinajstić information content (AvgIpc) is 2.14. The fraction of sp³-hybridized carbons (Fsp3) is 0.273. The molecule has 1 heteroatoms. The van der Waals surface area contributed by atoms with Crippen LogP contribution in [0.25, 0.3) is 0 Å². The fourth-order valence-corrected chi connectivity index (χ4v) is 0.934. The van der Waals surface area contributed by atoms with Crippen LogP contribution in [0.1, 0.15) is 12.8 Å². The van der Waals surface area contributed by atoms with Crippen molar-refractivity contribution in [3.8, 4) is 5.75 Å². The highest BCUT2D eigenvalue weighted by Crippen LogP contribution is 2.08. The summed E-state index contributed by atoms with van der Waals surface area (Å²) in [6, 6.07) is 9.87. The minimum Gasteiger partial charge on any atom is -0.494 e. The maximum absolute atomic E-state index is 5.46. The molecule has 1 nitrogen and oxygen atoms in total. The first kappa shape index (κ1) is 8.85. The zero-order valence-corrected chi connectivity index (χ0v) is 7.20. The van der Waals surface area contributed by atoms with Gasteiger partial charge in [-0.3, -0.25) is 0 Å². The van der Waals surface area contributed by atoms with E-state index in [4.69, 9.17) is 4.74 Å². The highest BCUT2D eigenvalue weighted by atomic mass is 16.5. The number of unbranched alkanes of at least 4 members (excludes halogenated alkanes) is 1. The van der Waals surface area contributed by atoms with Gasteiger partial charge in [-0.1, -0.05) is 24.3 Å². The summed E-state index contributed by atoms with van der Waals surface area (Å²) in [5, 5.41) is 0. The van der Waals surface area contributed by atoms with Gasteiger partial charge in [-0.15, -0.1) is 6.58 Å². The van der Waals surface area contributed by atoms with Crippen LogP contribution in [-0.4, -0.2) is 6.61 Å². The summed E-state index contributed by atoms with van der Waals surface area (Å²) in [6.07, 6.45) is 3.97. The van der Waals surface area contributed by atoms with Crippen LogP contribution in [0.5, 0.6) is 5.75 Å². The van der Waals surface area contributed by atoms with E-state index in [0.29, 0.717) is 0 Å². The van der Waals surface area contributed by atoms with E-state index in [2.05, 4.69) is 6.58 Å². The molecule has 0 radical (unpaired) electrons. The van der Waals surface area contributed by atoms with Gasteiger partial charge in [0, 0.05) is 0 Å². The van der Waals surface area contributed by atoms with Crippen molar-refractivity contribution >= 4 is 0 Å². The summed E-state index contributed by atoms with van der Waals surface area (Å²) < 4.78 is 5.46. The monoisotopic (exact) mass is 162 g/mol. The SMILES string of the molecule is C=CCCCOc1ccccc1. The van der Waals surface area contributed by atoms with Crippen LogP contribution in [0.15, 0.2) is 43.0 Å². The second-order valence-electron chi connectivity index (χ2n) is 2.59. The third-order valence-corrected chi connectivity index (χ3v) is 1.56. The van der Waals surface area contributed by atoms with E-state index in [1.807, 2.05) is 36.4 Å². The first-order chi connectivity index (χ1) is 5.93. The predicted octanol–water partition coefficient (Wildman–Crippen LogP) is 3.03. The lowest BCUT2D eigenvalue weighted by molar-refractivity contribution is 0.312. The minimum atomic E-state index is 0.774. The molecule has 0 aliphatic carbocycles. The molecule has 0 aliphatic rings. The van der Waals surface area contributed by atoms with Crippen LogP contribution in [0.2, 0.25) is 0 Å². The second kappa shape index (κ2) is 5.42. The molecule has 1 aromatic carbocycles. The van der Waals surface area contributed by atoms with Gasteiger partial charge in [0.05, 0.1) is 6.61 Å². The Bertz CT molecular complexity index is 216. The van der Waals surface area contributed by atoms with Crippen LogP contribution in [0, 0.1) is 0 Å². The Morgan fingerprint density at radius 2 is 2.00 bits per heavy atom. The summed E-state index contributed by atoms with van der Waals surface area (Å²) in [5.74, 6) is 0.946. The zero-order chi connectivity index (χ0) is 8.65. The first-order valence-corrected chi connectivity index (χ1v) is 4.22. The van der Waals surface area contributed by atoms with E-state index in [9.17, 15) is 0 Å². The molecule has 0 amide bonds. The molecule has 0 heterocycles. The van der Waals surface area contributed by atoms with E-state index < -0.39 is 0 Å². The molecule has 0 spiro atoms. The Morgan fingerprint density at radius 1 is 1.25 bits per heavy atom. The Hall–Kier alpha value is -1.24. The Labute approximate surface area is 73.7 Å². The molecule has 0 atom stereocenters. The number of ether oxygens (including phenoxy) is 1. The molecular weight excluding hydrogens is 148 g/mol. The van der Waals surface area contributed by atoms with Gasteiger partial charge in [0.15, 0.2) is 0 Å². The first-order valence-electron chi connectivity index (χ1n) is 4.22. The van der Waals surface area contributed by atoms with Gasteiger partial charge in [-0.05, 0) is 25.0 Å². The second-order valence-corrected chi connectivity index (χ2v) is 2.59. The van der Waals surface area contributed by atoms with E-state index >= 15 is 0 Å². The van der Waals surface area contributed by atoms with E-state index in [1.165, 1.54) is 0 Å². The third-order valence-electron chi connectivity index (χ3n) is 1.56. The van der Waals surface area contributed by atoms with Gasteiger partial charge in [0.25, 0.3) is 0 Å². The van der Waals surface area contributed by atoms with Crippen LogP contribution in [0.4, 0.5) is 0 Å². The summed E-state index contributed by atoms with van der Waals surface area (Å²) in [4.78, 5) is 0. The molecular formula is C11H14O. The van der Waals surface area contributed by atoms with Crippen LogP contribution in [0.3, 0.4) is 0 Å². The zero-order valence-electron chi connectivity index (χ0n) is 7.20. The number of hydrogen-bond acceptors (Lipinski definition) is 1. The van der Waals surface area contributed by atoms with Crippen molar-refractivity contribution in [3.05, 3.63) is 43.0 Å². The summed E-state index contributed by atoms with van der Waals surface area (Å²) in [7, 11) is 0. The Balaban J connectivity index is 2.20. The van der Waals surface area contributed by atoms with Crippen molar-refractivity contribution in [2.45, 2.75) is 12.8 Å². The van der Waals surface area contributed by atoms with Gasteiger partial charge in [-0.25, -0.2) is 0 Å². The molecule has 0 saturated heterocycles. The van der Waals surface area contributed by atoms with Crippen molar-refractivity contribution in [2.24, 2.45) is 0 Å². The Kier molecular flexibility index (Phi) is 4.00. The molecule has 12 heavy (non-hydrogen) atoms. The van der Waals surface area contributed by atoms with E-state index in [0.717, 1.165) is 25.2 Å². The highest BCUT2D eigenvalue weighted by molar-refractivity contribution is 5.20. The van der Waals surface area contributed by atoms with E-state index in [1.54, 1.807) is 0 Å². The molecule has 64 valence electrons. The molecule has 0 unspecified atom stereocenters. The molecule has 0 saturated carbocycles. The van der Waals surface area contributed by atoms with Gasteiger partial charge in [0.1, 0.15) is 5.75 Å². The van der Waals surface area contributed by atoms with E-state index in [-0.39, 0.29) is 0 Å². The molecule has 0 aliphatic heterocycles. The lowest BCUT2D eigenvalue weighted by Crippen LogP contribution is -1.95. The van der Waals surface area contributed by atoms with Crippen molar-refractivity contribution < 1.29 is 4.74 Å². The molecule has 0 N–H and O–H groups in total. The number of rotatable bonds is 5. The van der Waals surface area contributed by atoms with Crippen molar-refractivity contribution in [3.63, 3.8) is 0 Å². The van der Waals surface area contributed by atoms with Gasteiger partial charge >= 0.3 is 0 Å². The van der Waals surface area contributed by atoms with Crippen LogP contribution >= 0.6 is 0 Å². The predicted molar refractivity (Wildman–Crippen MR) is 51.4 cm³/mol. The van der Waals surface area contributed by atoms with Gasteiger partial charge < -0.3 is 4.74 Å². The molecule has 1 rings (SSSR count). The highest BCUT2D eigenvalue weighted by Gasteiger charge is 1.89. The third kappa shape index (κ3) is 3.24. The maximum atomic E-state index is 5.46. The van der Waals surface area contributed by atoms with Crippen LogP contribution in [-0.2, 0) is 0 Å². The number of para-hydroxylation sites is 1. The minimum absolute atomic E-state index is 0.774. The summed E-state index contributed by atoms with van der Waals surface area (Å²) in [5.41, 5.74) is 0. The lowest BCUT2D eigenvalue weighted by atomic mass is 10.3. The molecule has 0 fully saturated rings. The topological polar surface area (TPSA) is 9.23 Å². The van der Waals surface area contributed by atoms with Crippen molar-refractivity contribution in [1.82, 2.24) is 0 Å². The fourth-order valence-electron chi connectivity index (χ4n) is 0.934. The smallest absolute Gasteiger partial charge is 0.119 e. The molecule has 0 bridgehead atoms. The van der Waals surface area contributed by atoms with Gasteiger partial charge in [-0.2, -0.15) is 0 Å². The molecule has 0 aromatic heterocycles. The van der Waals surface area contributed by atoms with Gasteiger partial charge in [0.2, 0.25) is 0 Å². The Morgan fingerprint density at radius 3 is 2.67 bits per heavy atom. The van der Waals surface area contributed by atoms with Crippen LogP contribution < -0.4 is 4.74 Å². The average molecular weight is 162 g/mol. The summed E-state index contributed by atoms with van der Waals surface area (Å²) >= 11 is 0. The number of benzene rings is 1. The van der Waals surface area contributed by atoms with Crippen molar-refractivity contribution in [1.29, 1.82) is 0 Å². The lowest BCUT2D eigenvalue weighted by Gasteiger charge is -2.03. The normalized spacial score (nSPS) is 9.33. The quantitative estimate of drug-likeness (QED) is 0.477. The standard InChI is InChI=1S/C11H14O/c1-2-3-7-10-12-11-8-5-4-6-9-11/h2,4-6,8-9H,1,3,7,10H2.